The summed E-state index contributed by atoms with van der Waals surface area (Å²) in [6, 6.07) is 2.07. The van der Waals surface area contributed by atoms with Gasteiger partial charge in [0.25, 0.3) is 0 Å². The highest BCUT2D eigenvalue weighted by molar-refractivity contribution is 5.27. The summed E-state index contributed by atoms with van der Waals surface area (Å²) in [6.45, 7) is 0.937. The molecule has 2 heterocycles. The molecular weight excluding hydrogens is 226 g/mol. The third-order valence-electron chi connectivity index (χ3n) is 3.86. The Balaban J connectivity index is 1.76. The number of aromatic nitrogens is 3. The molecule has 0 spiro atoms. The zero-order valence-corrected chi connectivity index (χ0v) is 10.7. The molecule has 0 saturated heterocycles. The second-order valence-electron chi connectivity index (χ2n) is 5.02. The third-order valence-corrected chi connectivity index (χ3v) is 3.86. The molecule has 96 valence electrons. The lowest BCUT2D eigenvalue weighted by Crippen LogP contribution is -2.13. The SMILES string of the molecule is Cn1ccnc1CCn1ccc2c1CCCC2O. The summed E-state index contributed by atoms with van der Waals surface area (Å²) < 4.78 is 4.33. The Morgan fingerprint density at radius 1 is 1.44 bits per heavy atom. The van der Waals surface area contributed by atoms with Crippen LogP contribution < -0.4 is 0 Å². The van der Waals surface area contributed by atoms with Crippen molar-refractivity contribution >= 4 is 0 Å². The van der Waals surface area contributed by atoms with Gasteiger partial charge in [0.2, 0.25) is 0 Å². The first-order valence-corrected chi connectivity index (χ1v) is 6.58. The van der Waals surface area contributed by atoms with Gasteiger partial charge in [-0.3, -0.25) is 0 Å². The molecule has 1 N–H and O–H groups in total. The van der Waals surface area contributed by atoms with E-state index in [-0.39, 0.29) is 6.10 Å². The van der Waals surface area contributed by atoms with Crippen LogP contribution in [-0.4, -0.2) is 19.2 Å². The van der Waals surface area contributed by atoms with Gasteiger partial charge in [0.05, 0.1) is 6.10 Å². The topological polar surface area (TPSA) is 43.0 Å². The van der Waals surface area contributed by atoms with E-state index < -0.39 is 0 Å². The van der Waals surface area contributed by atoms with Gasteiger partial charge in [0, 0.05) is 49.9 Å². The van der Waals surface area contributed by atoms with Gasteiger partial charge >= 0.3 is 0 Å². The van der Waals surface area contributed by atoms with Crippen molar-refractivity contribution < 1.29 is 5.11 Å². The lowest BCUT2D eigenvalue weighted by atomic mass is 9.95. The highest BCUT2D eigenvalue weighted by Crippen LogP contribution is 2.30. The van der Waals surface area contributed by atoms with Crippen molar-refractivity contribution in [2.45, 2.75) is 38.3 Å². The first-order valence-electron chi connectivity index (χ1n) is 6.58. The number of nitrogens with zero attached hydrogens (tertiary/aromatic N) is 3. The van der Waals surface area contributed by atoms with E-state index in [9.17, 15) is 5.11 Å². The van der Waals surface area contributed by atoms with Crippen LogP contribution in [0.15, 0.2) is 24.7 Å². The Bertz CT molecular complexity index is 541. The highest BCUT2D eigenvalue weighted by atomic mass is 16.3. The molecule has 1 unspecified atom stereocenters. The summed E-state index contributed by atoms with van der Waals surface area (Å²) in [4.78, 5) is 4.34. The van der Waals surface area contributed by atoms with Crippen molar-refractivity contribution in [3.05, 3.63) is 41.7 Å². The molecule has 0 saturated carbocycles. The van der Waals surface area contributed by atoms with E-state index in [4.69, 9.17) is 0 Å². The highest BCUT2D eigenvalue weighted by Gasteiger charge is 2.20. The van der Waals surface area contributed by atoms with Crippen LogP contribution in [0.1, 0.15) is 36.0 Å². The molecule has 1 aliphatic carbocycles. The molecule has 18 heavy (non-hydrogen) atoms. The van der Waals surface area contributed by atoms with Crippen molar-refractivity contribution in [1.82, 2.24) is 14.1 Å². The van der Waals surface area contributed by atoms with Gasteiger partial charge in [-0.1, -0.05) is 0 Å². The standard InChI is InChI=1S/C14H19N3O/c1-16-10-7-15-14(16)6-9-17-8-5-11-12(17)3-2-4-13(11)18/h5,7-8,10,13,18H,2-4,6,9H2,1H3. The molecule has 0 fully saturated rings. The van der Waals surface area contributed by atoms with Gasteiger partial charge in [0.15, 0.2) is 0 Å². The van der Waals surface area contributed by atoms with E-state index in [0.29, 0.717) is 0 Å². The predicted molar refractivity (Wildman–Crippen MR) is 69.2 cm³/mol. The zero-order chi connectivity index (χ0) is 12.5. The molecule has 0 amide bonds. The minimum absolute atomic E-state index is 0.261. The van der Waals surface area contributed by atoms with Gasteiger partial charge in [0.1, 0.15) is 5.82 Å². The molecule has 0 bridgehead atoms. The Morgan fingerprint density at radius 2 is 2.33 bits per heavy atom. The maximum atomic E-state index is 9.94. The van der Waals surface area contributed by atoms with Gasteiger partial charge < -0.3 is 14.2 Å². The monoisotopic (exact) mass is 245 g/mol. The van der Waals surface area contributed by atoms with Gasteiger partial charge in [-0.05, 0) is 25.3 Å². The summed E-state index contributed by atoms with van der Waals surface area (Å²) in [6.07, 6.45) is 9.65. The minimum Gasteiger partial charge on any atom is -0.388 e. The Hall–Kier alpha value is -1.55. The molecule has 0 aliphatic heterocycles. The van der Waals surface area contributed by atoms with Crippen LogP contribution in [0.3, 0.4) is 0 Å². The van der Waals surface area contributed by atoms with E-state index >= 15 is 0 Å². The van der Waals surface area contributed by atoms with Crippen molar-refractivity contribution in [1.29, 1.82) is 0 Å². The third kappa shape index (κ3) is 1.97. The molecule has 0 aromatic carbocycles. The summed E-state index contributed by atoms with van der Waals surface area (Å²) >= 11 is 0. The largest absolute Gasteiger partial charge is 0.388 e. The van der Waals surface area contributed by atoms with E-state index in [1.54, 1.807) is 0 Å². The average Bonchev–Trinajstić information content (AvgIpc) is 2.94. The second-order valence-corrected chi connectivity index (χ2v) is 5.02. The van der Waals surface area contributed by atoms with Crippen molar-refractivity contribution in [3.63, 3.8) is 0 Å². The fourth-order valence-electron chi connectivity index (χ4n) is 2.80. The Labute approximate surface area is 107 Å². The minimum atomic E-state index is -0.261. The number of aliphatic hydroxyl groups is 1. The summed E-state index contributed by atoms with van der Waals surface area (Å²) in [5.74, 6) is 1.11. The molecule has 0 radical (unpaired) electrons. The number of hydrogen-bond acceptors (Lipinski definition) is 2. The van der Waals surface area contributed by atoms with E-state index in [0.717, 1.165) is 43.6 Å². The average molecular weight is 245 g/mol. The first-order chi connectivity index (χ1) is 8.75. The summed E-state index contributed by atoms with van der Waals surface area (Å²) in [5.41, 5.74) is 2.43. The van der Waals surface area contributed by atoms with Gasteiger partial charge in [-0.15, -0.1) is 0 Å². The Morgan fingerprint density at radius 3 is 3.11 bits per heavy atom. The van der Waals surface area contributed by atoms with E-state index in [2.05, 4.69) is 26.4 Å². The normalized spacial score (nSPS) is 18.9. The van der Waals surface area contributed by atoms with Crippen LogP contribution in [0.4, 0.5) is 0 Å². The lowest BCUT2D eigenvalue weighted by Gasteiger charge is -2.20. The number of hydrogen-bond donors (Lipinski definition) is 1. The van der Waals surface area contributed by atoms with Gasteiger partial charge in [-0.2, -0.15) is 0 Å². The number of aryl methyl sites for hydroxylation is 3. The van der Waals surface area contributed by atoms with Crippen LogP contribution in [0.2, 0.25) is 0 Å². The Kier molecular flexibility index (Phi) is 2.96. The summed E-state index contributed by atoms with van der Waals surface area (Å²) in [7, 11) is 2.03. The van der Waals surface area contributed by atoms with E-state index in [1.807, 2.05) is 19.4 Å². The number of fused-ring (bicyclic) bond motifs is 1. The fraction of sp³-hybridized carbons (Fsp3) is 0.500. The first kappa shape index (κ1) is 11.5. The molecule has 3 rings (SSSR count). The van der Waals surface area contributed by atoms with E-state index in [1.165, 1.54) is 5.69 Å². The van der Waals surface area contributed by atoms with Crippen LogP contribution in [0.5, 0.6) is 0 Å². The smallest absolute Gasteiger partial charge is 0.110 e. The van der Waals surface area contributed by atoms with Crippen molar-refractivity contribution in [3.8, 4) is 0 Å². The van der Waals surface area contributed by atoms with Crippen LogP contribution >= 0.6 is 0 Å². The molecule has 4 heteroatoms. The molecular formula is C14H19N3O. The van der Waals surface area contributed by atoms with Crippen LogP contribution in [0, 0.1) is 0 Å². The zero-order valence-electron chi connectivity index (χ0n) is 10.7. The second kappa shape index (κ2) is 4.61. The quantitative estimate of drug-likeness (QED) is 0.896. The predicted octanol–water partition coefficient (Wildman–Crippen LogP) is 1.83. The van der Waals surface area contributed by atoms with Crippen molar-refractivity contribution in [2.24, 2.45) is 7.05 Å². The molecule has 2 aromatic rings. The molecule has 4 nitrogen and oxygen atoms in total. The number of imidazole rings is 1. The molecule has 2 aromatic heterocycles. The summed E-state index contributed by atoms with van der Waals surface area (Å²) in [5, 5.41) is 9.94. The molecule has 1 aliphatic rings. The van der Waals surface area contributed by atoms with Crippen LogP contribution in [-0.2, 0) is 26.4 Å². The number of rotatable bonds is 3. The fourth-order valence-corrected chi connectivity index (χ4v) is 2.80. The lowest BCUT2D eigenvalue weighted by molar-refractivity contribution is 0.155. The maximum absolute atomic E-state index is 9.94. The maximum Gasteiger partial charge on any atom is 0.110 e. The number of aliphatic hydroxyl groups excluding tert-OH is 1. The van der Waals surface area contributed by atoms with Gasteiger partial charge in [-0.25, -0.2) is 4.98 Å². The van der Waals surface area contributed by atoms with Crippen molar-refractivity contribution in [2.75, 3.05) is 0 Å². The van der Waals surface area contributed by atoms with Crippen LogP contribution in [0.25, 0.3) is 0 Å². The molecule has 1 atom stereocenters.